The van der Waals surface area contributed by atoms with Gasteiger partial charge in [-0.2, -0.15) is 0 Å². The summed E-state index contributed by atoms with van der Waals surface area (Å²) >= 11 is 5.76. The van der Waals surface area contributed by atoms with Gasteiger partial charge in [0.2, 0.25) is 0 Å². The van der Waals surface area contributed by atoms with Crippen molar-refractivity contribution in [1.82, 2.24) is 5.32 Å². The molecule has 3 nitrogen and oxygen atoms in total. The smallest absolute Gasteiger partial charge is 0.125 e. The Labute approximate surface area is 106 Å². The third-order valence-electron chi connectivity index (χ3n) is 2.36. The summed E-state index contributed by atoms with van der Waals surface area (Å²) in [5.74, 6) is -0.347. The molecule has 1 aromatic carbocycles. The van der Waals surface area contributed by atoms with E-state index >= 15 is 0 Å². The summed E-state index contributed by atoms with van der Waals surface area (Å²) in [6.45, 7) is 1.08. The second-order valence-electron chi connectivity index (χ2n) is 3.82. The van der Waals surface area contributed by atoms with E-state index in [4.69, 9.17) is 21.4 Å². The van der Waals surface area contributed by atoms with E-state index in [1.54, 1.807) is 13.2 Å². The molecule has 17 heavy (non-hydrogen) atoms. The molecule has 1 unspecified atom stereocenters. The van der Waals surface area contributed by atoms with Gasteiger partial charge in [0.1, 0.15) is 5.82 Å². The van der Waals surface area contributed by atoms with Gasteiger partial charge in [-0.1, -0.05) is 11.6 Å². The van der Waals surface area contributed by atoms with Crippen molar-refractivity contribution in [2.75, 3.05) is 20.3 Å². The minimum Gasteiger partial charge on any atom is -0.396 e. The molecular formula is C12H17ClFNO2. The van der Waals surface area contributed by atoms with Gasteiger partial charge < -0.3 is 15.2 Å². The van der Waals surface area contributed by atoms with Crippen molar-refractivity contribution in [3.05, 3.63) is 34.6 Å². The lowest BCUT2D eigenvalue weighted by atomic mass is 10.2. The van der Waals surface area contributed by atoms with Gasteiger partial charge in [-0.3, -0.25) is 0 Å². The highest BCUT2D eigenvalue weighted by molar-refractivity contribution is 6.30. The average molecular weight is 262 g/mol. The predicted molar refractivity (Wildman–Crippen MR) is 65.6 cm³/mol. The highest BCUT2D eigenvalue weighted by atomic mass is 35.5. The third kappa shape index (κ3) is 5.46. The fourth-order valence-electron chi connectivity index (χ4n) is 1.58. The number of rotatable bonds is 7. The van der Waals surface area contributed by atoms with Crippen LogP contribution in [0.3, 0.4) is 0 Å². The summed E-state index contributed by atoms with van der Waals surface area (Å²) in [6.07, 6.45) is 0.594. The van der Waals surface area contributed by atoms with Crippen LogP contribution in [0.4, 0.5) is 4.39 Å². The topological polar surface area (TPSA) is 41.5 Å². The van der Waals surface area contributed by atoms with Crippen LogP contribution in [0.2, 0.25) is 5.02 Å². The number of nitrogens with one attached hydrogen (secondary N) is 1. The Morgan fingerprint density at radius 1 is 1.47 bits per heavy atom. The lowest BCUT2D eigenvalue weighted by Crippen LogP contribution is -2.33. The maximum atomic E-state index is 13.1. The predicted octanol–water partition coefficient (Wildman–Crippen LogP) is 1.97. The second-order valence-corrected chi connectivity index (χ2v) is 4.26. The van der Waals surface area contributed by atoms with Gasteiger partial charge in [-0.25, -0.2) is 4.39 Å². The van der Waals surface area contributed by atoms with Crippen molar-refractivity contribution in [3.8, 4) is 0 Å². The monoisotopic (exact) mass is 261 g/mol. The van der Waals surface area contributed by atoms with Crippen LogP contribution in [-0.4, -0.2) is 31.5 Å². The lowest BCUT2D eigenvalue weighted by Gasteiger charge is -2.16. The molecule has 96 valence electrons. The Morgan fingerprint density at radius 2 is 2.24 bits per heavy atom. The van der Waals surface area contributed by atoms with Crippen molar-refractivity contribution in [3.63, 3.8) is 0 Å². The molecule has 0 saturated heterocycles. The fraction of sp³-hybridized carbons (Fsp3) is 0.500. The van der Waals surface area contributed by atoms with E-state index in [1.165, 1.54) is 12.1 Å². The Bertz CT molecular complexity index is 323. The standard InChI is InChI=1S/C12H17ClFNO2/c1-17-8-12(2-3-16)15-7-9-4-10(13)6-11(14)5-9/h4-6,12,15-16H,2-3,7-8H2,1H3. The minimum atomic E-state index is -0.347. The average Bonchev–Trinajstić information content (AvgIpc) is 2.25. The van der Waals surface area contributed by atoms with Gasteiger partial charge >= 0.3 is 0 Å². The summed E-state index contributed by atoms with van der Waals surface area (Å²) in [5.41, 5.74) is 0.772. The number of ether oxygens (including phenoxy) is 1. The maximum Gasteiger partial charge on any atom is 0.125 e. The first kappa shape index (κ1) is 14.4. The van der Waals surface area contributed by atoms with Crippen LogP contribution in [-0.2, 0) is 11.3 Å². The van der Waals surface area contributed by atoms with Crippen LogP contribution in [0.15, 0.2) is 18.2 Å². The SMILES string of the molecule is COCC(CCO)NCc1cc(F)cc(Cl)c1. The van der Waals surface area contributed by atoms with E-state index in [-0.39, 0.29) is 18.5 Å². The summed E-state index contributed by atoms with van der Waals surface area (Å²) in [5, 5.41) is 12.4. The number of methoxy groups -OCH3 is 1. The normalized spacial score (nSPS) is 12.7. The van der Waals surface area contributed by atoms with Crippen molar-refractivity contribution in [1.29, 1.82) is 0 Å². The van der Waals surface area contributed by atoms with Gasteiger partial charge in [0.25, 0.3) is 0 Å². The molecule has 0 saturated carbocycles. The highest BCUT2D eigenvalue weighted by Gasteiger charge is 2.07. The van der Waals surface area contributed by atoms with E-state index in [0.29, 0.717) is 24.6 Å². The molecule has 2 N–H and O–H groups in total. The summed E-state index contributed by atoms with van der Waals surface area (Å²) in [6, 6.07) is 4.46. The number of halogens is 2. The van der Waals surface area contributed by atoms with Crippen molar-refractivity contribution in [2.24, 2.45) is 0 Å². The van der Waals surface area contributed by atoms with Gasteiger partial charge in [0, 0.05) is 31.3 Å². The molecule has 0 radical (unpaired) electrons. The summed E-state index contributed by atoms with van der Waals surface area (Å²) < 4.78 is 18.1. The first-order valence-corrected chi connectivity index (χ1v) is 5.81. The number of aliphatic hydroxyl groups excluding tert-OH is 1. The van der Waals surface area contributed by atoms with Gasteiger partial charge in [-0.15, -0.1) is 0 Å². The van der Waals surface area contributed by atoms with E-state index in [1.807, 2.05) is 0 Å². The van der Waals surface area contributed by atoms with Crippen LogP contribution in [0, 0.1) is 5.82 Å². The maximum absolute atomic E-state index is 13.1. The summed E-state index contributed by atoms with van der Waals surface area (Å²) in [7, 11) is 1.60. The Balaban J connectivity index is 2.52. The quantitative estimate of drug-likeness (QED) is 0.789. The molecule has 1 aromatic rings. The molecule has 0 aliphatic rings. The Morgan fingerprint density at radius 3 is 2.82 bits per heavy atom. The zero-order chi connectivity index (χ0) is 12.7. The molecule has 0 amide bonds. The molecule has 0 aliphatic heterocycles. The van der Waals surface area contributed by atoms with Crippen LogP contribution in [0.25, 0.3) is 0 Å². The fourth-order valence-corrected chi connectivity index (χ4v) is 1.82. The molecular weight excluding hydrogens is 245 g/mol. The molecule has 0 spiro atoms. The van der Waals surface area contributed by atoms with E-state index in [9.17, 15) is 4.39 Å². The first-order chi connectivity index (χ1) is 8.15. The van der Waals surface area contributed by atoms with Gasteiger partial charge in [0.15, 0.2) is 0 Å². The Kier molecular flexibility index (Phi) is 6.44. The van der Waals surface area contributed by atoms with Crippen molar-refractivity contribution in [2.45, 2.75) is 19.0 Å². The highest BCUT2D eigenvalue weighted by Crippen LogP contribution is 2.14. The number of aliphatic hydroxyl groups is 1. The largest absolute Gasteiger partial charge is 0.396 e. The van der Waals surface area contributed by atoms with Crippen LogP contribution >= 0.6 is 11.6 Å². The molecule has 0 fully saturated rings. The third-order valence-corrected chi connectivity index (χ3v) is 2.58. The molecule has 0 heterocycles. The lowest BCUT2D eigenvalue weighted by molar-refractivity contribution is 0.148. The van der Waals surface area contributed by atoms with Gasteiger partial charge in [-0.05, 0) is 30.2 Å². The molecule has 0 aliphatic carbocycles. The van der Waals surface area contributed by atoms with Crippen LogP contribution in [0.5, 0.6) is 0 Å². The van der Waals surface area contributed by atoms with Crippen LogP contribution in [0.1, 0.15) is 12.0 Å². The zero-order valence-corrected chi connectivity index (χ0v) is 10.5. The minimum absolute atomic E-state index is 0.0482. The number of benzene rings is 1. The number of hydrogen-bond acceptors (Lipinski definition) is 3. The van der Waals surface area contributed by atoms with E-state index < -0.39 is 0 Å². The number of hydrogen-bond donors (Lipinski definition) is 2. The van der Waals surface area contributed by atoms with E-state index in [2.05, 4.69) is 5.32 Å². The first-order valence-electron chi connectivity index (χ1n) is 5.44. The summed E-state index contributed by atoms with van der Waals surface area (Å²) in [4.78, 5) is 0. The van der Waals surface area contributed by atoms with Gasteiger partial charge in [0.05, 0.1) is 6.61 Å². The molecule has 1 atom stereocenters. The second kappa shape index (κ2) is 7.61. The Hall–Kier alpha value is -0.680. The molecule has 0 bridgehead atoms. The van der Waals surface area contributed by atoms with Crippen LogP contribution < -0.4 is 5.32 Å². The molecule has 5 heteroatoms. The molecule has 0 aromatic heterocycles. The zero-order valence-electron chi connectivity index (χ0n) is 9.75. The molecule has 1 rings (SSSR count). The van der Waals surface area contributed by atoms with Crippen molar-refractivity contribution >= 4 is 11.6 Å². The van der Waals surface area contributed by atoms with Crippen molar-refractivity contribution < 1.29 is 14.2 Å². The van der Waals surface area contributed by atoms with E-state index in [0.717, 1.165) is 5.56 Å².